The molecule has 0 atom stereocenters. The monoisotopic (exact) mass is 291 g/mol. The van der Waals surface area contributed by atoms with Gasteiger partial charge in [0.2, 0.25) is 11.2 Å². The van der Waals surface area contributed by atoms with E-state index in [4.69, 9.17) is 11.6 Å². The van der Waals surface area contributed by atoms with Crippen molar-refractivity contribution in [2.45, 2.75) is 6.18 Å². The zero-order valence-electron chi connectivity index (χ0n) is 9.05. The van der Waals surface area contributed by atoms with Gasteiger partial charge in [-0.2, -0.15) is 13.2 Å². The van der Waals surface area contributed by atoms with Gasteiger partial charge in [-0.3, -0.25) is 4.79 Å². The lowest BCUT2D eigenvalue weighted by Gasteiger charge is -2.12. The first kappa shape index (κ1) is 13.4. The van der Waals surface area contributed by atoms with E-state index >= 15 is 0 Å². The number of ether oxygens (including phenoxy) is 1. The lowest BCUT2D eigenvalue weighted by atomic mass is 10.1. The van der Waals surface area contributed by atoms with Crippen molar-refractivity contribution >= 4 is 27.9 Å². The minimum atomic E-state index is -4.88. The molecule has 0 bridgehead atoms. The highest BCUT2D eigenvalue weighted by molar-refractivity contribution is 6.61. The van der Waals surface area contributed by atoms with Crippen LogP contribution in [0.3, 0.4) is 0 Å². The fourth-order valence-electron chi connectivity index (χ4n) is 1.59. The van der Waals surface area contributed by atoms with Crippen LogP contribution in [0.15, 0.2) is 29.1 Å². The van der Waals surface area contributed by atoms with Gasteiger partial charge in [0.15, 0.2) is 5.69 Å². The van der Waals surface area contributed by atoms with E-state index in [1.165, 1.54) is 24.3 Å². The Bertz CT molecular complexity index is 708. The van der Waals surface area contributed by atoms with Crippen LogP contribution in [0, 0.1) is 0 Å². The number of pyridine rings is 1. The molecule has 0 amide bonds. The molecule has 4 nitrogen and oxygen atoms in total. The van der Waals surface area contributed by atoms with Gasteiger partial charge >= 0.3 is 11.6 Å². The number of H-pyrrole nitrogens is 1. The van der Waals surface area contributed by atoms with Gasteiger partial charge in [-0.15, -0.1) is 0 Å². The molecule has 0 aliphatic carbocycles. The van der Waals surface area contributed by atoms with Gasteiger partial charge in [0.25, 0.3) is 0 Å². The predicted molar refractivity (Wildman–Crippen MR) is 61.4 cm³/mol. The van der Waals surface area contributed by atoms with Gasteiger partial charge in [-0.1, -0.05) is 12.1 Å². The Hall–Kier alpha value is -2.02. The Morgan fingerprint density at radius 2 is 1.89 bits per heavy atom. The summed E-state index contributed by atoms with van der Waals surface area (Å²) in [5.74, 6) is -1.16. The highest BCUT2D eigenvalue weighted by Gasteiger charge is 2.38. The number of aromatic nitrogens is 1. The summed E-state index contributed by atoms with van der Waals surface area (Å²) in [5, 5.41) is -0.0385. The molecular weight excluding hydrogens is 287 g/mol. The second-order valence-corrected chi connectivity index (χ2v) is 3.85. The van der Waals surface area contributed by atoms with Crippen molar-refractivity contribution in [3.8, 4) is 5.75 Å². The molecule has 2 rings (SSSR count). The summed E-state index contributed by atoms with van der Waals surface area (Å²) in [4.78, 5) is 24.5. The van der Waals surface area contributed by atoms with Gasteiger partial charge in [-0.25, -0.2) is 4.79 Å². The highest BCUT2D eigenvalue weighted by Crippen LogP contribution is 2.34. The average molecular weight is 292 g/mol. The Morgan fingerprint density at radius 3 is 2.47 bits per heavy atom. The maximum atomic E-state index is 12.8. The van der Waals surface area contributed by atoms with Crippen LogP contribution < -0.4 is 10.2 Å². The van der Waals surface area contributed by atoms with Crippen LogP contribution in [-0.2, 0) is 6.18 Å². The molecule has 0 saturated carbocycles. The van der Waals surface area contributed by atoms with Crippen LogP contribution in [-0.4, -0.2) is 10.4 Å². The van der Waals surface area contributed by atoms with Crippen molar-refractivity contribution < 1.29 is 22.7 Å². The number of benzene rings is 1. The van der Waals surface area contributed by atoms with Gasteiger partial charge in [0, 0.05) is 22.5 Å². The van der Waals surface area contributed by atoms with Gasteiger partial charge in [0.1, 0.15) is 0 Å². The number of hydrogen-bond donors (Lipinski definition) is 1. The number of aromatic amines is 1. The minimum Gasteiger partial charge on any atom is -0.408 e. The largest absolute Gasteiger partial charge is 0.435 e. The Labute approximate surface area is 108 Å². The molecule has 1 heterocycles. The number of fused-ring (bicyclic) bond motifs is 1. The quantitative estimate of drug-likeness (QED) is 0.820. The van der Waals surface area contributed by atoms with E-state index in [2.05, 4.69) is 4.74 Å². The minimum absolute atomic E-state index is 0.0193. The summed E-state index contributed by atoms with van der Waals surface area (Å²) in [5.41, 5.74) is -4.05. The van der Waals surface area contributed by atoms with E-state index in [9.17, 15) is 22.8 Å². The van der Waals surface area contributed by atoms with Crippen molar-refractivity contribution in [2.24, 2.45) is 0 Å². The molecule has 8 heteroatoms. The van der Waals surface area contributed by atoms with E-state index in [-0.39, 0.29) is 10.9 Å². The summed E-state index contributed by atoms with van der Waals surface area (Å²) in [6.07, 6.45) is -4.88. The Balaban J connectivity index is 2.85. The maximum absolute atomic E-state index is 12.8. The maximum Gasteiger partial charge on any atom is 0.435 e. The summed E-state index contributed by atoms with van der Waals surface area (Å²) < 4.78 is 42.6. The molecule has 0 spiro atoms. The zero-order valence-corrected chi connectivity index (χ0v) is 9.80. The third-order valence-corrected chi connectivity index (χ3v) is 2.41. The van der Waals surface area contributed by atoms with Crippen LogP contribution in [0.25, 0.3) is 10.9 Å². The molecule has 1 aromatic carbocycles. The molecule has 100 valence electrons. The van der Waals surface area contributed by atoms with Crippen LogP contribution >= 0.6 is 11.6 Å². The summed E-state index contributed by atoms with van der Waals surface area (Å²) >= 11 is 4.88. The number of para-hydroxylation sites is 1. The Morgan fingerprint density at radius 1 is 1.26 bits per heavy atom. The van der Waals surface area contributed by atoms with Crippen LogP contribution in [0.5, 0.6) is 5.75 Å². The number of carbonyl (C=O) groups is 1. The highest BCUT2D eigenvalue weighted by atomic mass is 35.5. The number of rotatable bonds is 1. The molecular formula is C11H5ClF3NO3. The van der Waals surface area contributed by atoms with E-state index < -0.39 is 28.5 Å². The molecule has 1 N–H and O–H groups in total. The lowest BCUT2D eigenvalue weighted by molar-refractivity contribution is -0.141. The number of nitrogens with one attached hydrogen (secondary N) is 1. The van der Waals surface area contributed by atoms with Crippen molar-refractivity contribution in [3.63, 3.8) is 0 Å². The van der Waals surface area contributed by atoms with Crippen LogP contribution in [0.4, 0.5) is 18.0 Å². The second-order valence-electron chi connectivity index (χ2n) is 3.54. The number of hydrogen-bond acceptors (Lipinski definition) is 3. The van der Waals surface area contributed by atoms with Gasteiger partial charge < -0.3 is 9.72 Å². The van der Waals surface area contributed by atoms with Gasteiger partial charge in [-0.05, 0) is 12.1 Å². The smallest absolute Gasteiger partial charge is 0.408 e. The van der Waals surface area contributed by atoms with Crippen molar-refractivity contribution in [3.05, 3.63) is 40.2 Å². The molecule has 0 unspecified atom stereocenters. The lowest BCUT2D eigenvalue weighted by Crippen LogP contribution is -2.20. The zero-order chi connectivity index (χ0) is 14.2. The fourth-order valence-corrected chi connectivity index (χ4v) is 1.67. The Kier molecular flexibility index (Phi) is 3.23. The van der Waals surface area contributed by atoms with Crippen molar-refractivity contribution in [2.75, 3.05) is 0 Å². The molecule has 0 radical (unpaired) electrons. The van der Waals surface area contributed by atoms with Crippen LogP contribution in [0.1, 0.15) is 5.69 Å². The number of halogens is 4. The molecule has 0 saturated heterocycles. The van der Waals surface area contributed by atoms with Gasteiger partial charge in [0.05, 0.1) is 0 Å². The average Bonchev–Trinajstić information content (AvgIpc) is 2.31. The molecule has 0 fully saturated rings. The molecule has 2 aromatic rings. The SMILES string of the molecule is O=C(Cl)Oc1c(C(F)(F)F)[nH]c2ccccc2c1=O. The third kappa shape index (κ3) is 2.55. The van der Waals surface area contributed by atoms with E-state index in [1.807, 2.05) is 4.98 Å². The van der Waals surface area contributed by atoms with E-state index in [1.54, 1.807) is 0 Å². The molecule has 0 aliphatic heterocycles. The molecule has 1 aromatic heterocycles. The first-order valence-corrected chi connectivity index (χ1v) is 5.28. The molecule has 0 aliphatic rings. The molecule has 19 heavy (non-hydrogen) atoms. The topological polar surface area (TPSA) is 59.2 Å². The van der Waals surface area contributed by atoms with Crippen molar-refractivity contribution in [1.29, 1.82) is 0 Å². The van der Waals surface area contributed by atoms with Crippen molar-refractivity contribution in [1.82, 2.24) is 4.98 Å². The van der Waals surface area contributed by atoms with E-state index in [0.717, 1.165) is 0 Å². The van der Waals surface area contributed by atoms with Crippen LogP contribution in [0.2, 0.25) is 0 Å². The normalized spacial score (nSPS) is 11.6. The second kappa shape index (κ2) is 4.58. The summed E-state index contributed by atoms with van der Waals surface area (Å²) in [6, 6.07) is 5.54. The standard InChI is InChI=1S/C11H5ClF3NO3/c12-10(18)19-8-7(17)5-3-1-2-4-6(5)16-9(8)11(13,14)15/h1-4H,(H,16,17). The number of alkyl halides is 3. The number of carbonyl (C=O) groups excluding carboxylic acids is 1. The predicted octanol–water partition coefficient (Wildman–Crippen LogP) is 3.28. The summed E-state index contributed by atoms with van der Waals surface area (Å²) in [6.45, 7) is 0. The van der Waals surface area contributed by atoms with E-state index in [0.29, 0.717) is 0 Å². The first-order chi connectivity index (χ1) is 8.80. The first-order valence-electron chi connectivity index (χ1n) is 4.90. The fraction of sp³-hybridized carbons (Fsp3) is 0.0909. The third-order valence-electron chi connectivity index (χ3n) is 2.33. The summed E-state index contributed by atoms with van der Waals surface area (Å²) in [7, 11) is 0.